The Balaban J connectivity index is 1.53. The number of carbonyl (C=O) groups is 2. The zero-order chi connectivity index (χ0) is 19.7. The molecule has 0 aliphatic carbocycles. The number of hydrogen-bond acceptors (Lipinski definition) is 2. The third kappa shape index (κ3) is 3.31. The van der Waals surface area contributed by atoms with Crippen LogP contribution in [-0.4, -0.2) is 36.0 Å². The fourth-order valence-corrected chi connectivity index (χ4v) is 3.66. The van der Waals surface area contributed by atoms with Gasteiger partial charge in [0.05, 0.1) is 5.69 Å². The molecule has 0 radical (unpaired) electrons. The van der Waals surface area contributed by atoms with E-state index in [0.717, 1.165) is 27.7 Å². The van der Waals surface area contributed by atoms with Gasteiger partial charge >= 0.3 is 6.03 Å². The van der Waals surface area contributed by atoms with Crippen molar-refractivity contribution < 1.29 is 9.59 Å². The molecule has 1 atom stereocenters. The third-order valence-electron chi connectivity index (χ3n) is 5.28. The highest BCUT2D eigenvalue weighted by atomic mass is 16.2. The molecule has 4 rings (SSSR count). The lowest BCUT2D eigenvalue weighted by Gasteiger charge is -2.39. The van der Waals surface area contributed by atoms with Gasteiger partial charge in [0.2, 0.25) is 5.91 Å². The predicted molar refractivity (Wildman–Crippen MR) is 113 cm³/mol. The third-order valence-corrected chi connectivity index (χ3v) is 5.28. The zero-order valence-corrected chi connectivity index (χ0v) is 16.1. The Morgan fingerprint density at radius 3 is 2.46 bits per heavy atom. The van der Waals surface area contributed by atoms with Crippen molar-refractivity contribution in [2.75, 3.05) is 23.3 Å². The van der Waals surface area contributed by atoms with Crippen LogP contribution in [0.5, 0.6) is 0 Å². The van der Waals surface area contributed by atoms with Gasteiger partial charge in [0.1, 0.15) is 6.04 Å². The summed E-state index contributed by atoms with van der Waals surface area (Å²) in [4.78, 5) is 29.2. The first-order valence-corrected chi connectivity index (χ1v) is 9.48. The van der Waals surface area contributed by atoms with Gasteiger partial charge in [-0.1, -0.05) is 54.1 Å². The van der Waals surface area contributed by atoms with Crippen LogP contribution in [0.1, 0.15) is 12.5 Å². The molecule has 0 unspecified atom stereocenters. The summed E-state index contributed by atoms with van der Waals surface area (Å²) in [6.07, 6.45) is 0. The average Bonchev–Trinajstić information content (AvgIpc) is 2.71. The normalized spacial score (nSPS) is 17.1. The van der Waals surface area contributed by atoms with E-state index >= 15 is 0 Å². The van der Waals surface area contributed by atoms with E-state index in [-0.39, 0.29) is 11.9 Å². The molecule has 0 bridgehead atoms. The van der Waals surface area contributed by atoms with Crippen LogP contribution in [0.2, 0.25) is 0 Å². The Bertz CT molecular complexity index is 1020. The van der Waals surface area contributed by atoms with Gasteiger partial charge in [0.15, 0.2) is 0 Å². The molecule has 1 aliphatic rings. The molecule has 0 aromatic heterocycles. The molecule has 28 heavy (non-hydrogen) atoms. The maximum atomic E-state index is 13.1. The second-order valence-electron chi connectivity index (χ2n) is 7.15. The molecular weight excluding hydrogens is 350 g/mol. The summed E-state index contributed by atoms with van der Waals surface area (Å²) < 4.78 is 0. The molecular formula is C23H23N3O2. The highest BCUT2D eigenvalue weighted by Crippen LogP contribution is 2.29. The van der Waals surface area contributed by atoms with Crippen LogP contribution in [0.4, 0.5) is 16.2 Å². The van der Waals surface area contributed by atoms with Crippen molar-refractivity contribution in [3.8, 4) is 0 Å². The maximum absolute atomic E-state index is 13.1. The van der Waals surface area contributed by atoms with E-state index in [1.165, 1.54) is 0 Å². The number of fused-ring (bicyclic) bond motifs is 1. The maximum Gasteiger partial charge on any atom is 0.322 e. The van der Waals surface area contributed by atoms with Gasteiger partial charge in [-0.05, 0) is 37.4 Å². The van der Waals surface area contributed by atoms with Crippen molar-refractivity contribution >= 4 is 34.1 Å². The standard InChI is InChI=1S/C23H23N3O2/c1-16-10-12-19(13-11-16)24-23(28)25-14-15-26(22(27)17(25)2)21-9-5-7-18-6-3-4-8-20(18)21/h3-13,17H,14-15H2,1-2H3,(H,24,28)/t17-/m1/s1. The number of piperazine rings is 1. The highest BCUT2D eigenvalue weighted by Gasteiger charge is 2.35. The van der Waals surface area contributed by atoms with Crippen LogP contribution in [0, 0.1) is 6.92 Å². The van der Waals surface area contributed by atoms with E-state index in [1.807, 2.05) is 73.7 Å². The van der Waals surface area contributed by atoms with Crippen LogP contribution >= 0.6 is 0 Å². The Hall–Kier alpha value is -3.34. The molecule has 0 spiro atoms. The minimum Gasteiger partial charge on any atom is -0.311 e. The Morgan fingerprint density at radius 1 is 0.964 bits per heavy atom. The Kier molecular flexibility index (Phi) is 4.74. The van der Waals surface area contributed by atoms with Gasteiger partial charge in [0.25, 0.3) is 0 Å². The smallest absolute Gasteiger partial charge is 0.311 e. The zero-order valence-electron chi connectivity index (χ0n) is 16.1. The Labute approximate surface area is 164 Å². The molecule has 1 aliphatic heterocycles. The lowest BCUT2D eigenvalue weighted by Crippen LogP contribution is -2.58. The number of carbonyl (C=O) groups excluding carboxylic acids is 2. The van der Waals surface area contributed by atoms with Crippen LogP contribution in [0.25, 0.3) is 10.8 Å². The van der Waals surface area contributed by atoms with Gasteiger partial charge in [-0.15, -0.1) is 0 Å². The summed E-state index contributed by atoms with van der Waals surface area (Å²) in [6.45, 7) is 4.74. The number of benzene rings is 3. The van der Waals surface area contributed by atoms with Crippen molar-refractivity contribution in [2.45, 2.75) is 19.9 Å². The molecule has 5 nitrogen and oxygen atoms in total. The molecule has 0 saturated carbocycles. The summed E-state index contributed by atoms with van der Waals surface area (Å²) in [5, 5.41) is 5.03. The summed E-state index contributed by atoms with van der Waals surface area (Å²) in [5.74, 6) is -0.0679. The number of nitrogens with one attached hydrogen (secondary N) is 1. The summed E-state index contributed by atoms with van der Waals surface area (Å²) >= 11 is 0. The number of anilines is 2. The number of hydrogen-bond donors (Lipinski definition) is 1. The van der Waals surface area contributed by atoms with E-state index in [0.29, 0.717) is 13.1 Å². The van der Waals surface area contributed by atoms with Crippen LogP contribution < -0.4 is 10.2 Å². The first-order valence-electron chi connectivity index (χ1n) is 9.48. The van der Waals surface area contributed by atoms with Crippen molar-refractivity contribution in [1.82, 2.24) is 4.90 Å². The molecule has 1 fully saturated rings. The number of urea groups is 1. The topological polar surface area (TPSA) is 52.7 Å². The van der Waals surface area contributed by atoms with Gasteiger partial charge in [-0.25, -0.2) is 4.79 Å². The van der Waals surface area contributed by atoms with E-state index in [4.69, 9.17) is 0 Å². The molecule has 1 saturated heterocycles. The molecule has 3 aromatic rings. The molecule has 142 valence electrons. The van der Waals surface area contributed by atoms with Gasteiger partial charge in [-0.2, -0.15) is 0 Å². The molecule has 3 aromatic carbocycles. The van der Waals surface area contributed by atoms with E-state index < -0.39 is 6.04 Å². The van der Waals surface area contributed by atoms with E-state index in [1.54, 1.807) is 16.7 Å². The number of aryl methyl sites for hydroxylation is 1. The second-order valence-corrected chi connectivity index (χ2v) is 7.15. The minimum atomic E-state index is -0.529. The fraction of sp³-hybridized carbons (Fsp3) is 0.217. The largest absolute Gasteiger partial charge is 0.322 e. The summed E-state index contributed by atoms with van der Waals surface area (Å²) in [6, 6.07) is 20.9. The van der Waals surface area contributed by atoms with Gasteiger partial charge in [0, 0.05) is 24.2 Å². The summed E-state index contributed by atoms with van der Waals surface area (Å²) in [7, 11) is 0. The molecule has 1 heterocycles. The number of rotatable bonds is 2. The van der Waals surface area contributed by atoms with Gasteiger partial charge < -0.3 is 15.1 Å². The molecule has 1 N–H and O–H groups in total. The van der Waals surface area contributed by atoms with E-state index in [2.05, 4.69) is 5.32 Å². The van der Waals surface area contributed by atoms with Crippen molar-refractivity contribution in [1.29, 1.82) is 0 Å². The molecule has 3 amide bonds. The van der Waals surface area contributed by atoms with Crippen molar-refractivity contribution in [2.24, 2.45) is 0 Å². The Morgan fingerprint density at radius 2 is 1.68 bits per heavy atom. The van der Waals surface area contributed by atoms with E-state index in [9.17, 15) is 9.59 Å². The first-order chi connectivity index (χ1) is 13.5. The lowest BCUT2D eigenvalue weighted by atomic mass is 10.1. The van der Waals surface area contributed by atoms with Crippen LogP contribution in [0.15, 0.2) is 66.7 Å². The SMILES string of the molecule is Cc1ccc(NC(=O)N2CCN(c3cccc4ccccc34)C(=O)[C@H]2C)cc1. The highest BCUT2D eigenvalue weighted by molar-refractivity contribution is 6.07. The molecule has 5 heteroatoms. The quantitative estimate of drug-likeness (QED) is 0.723. The van der Waals surface area contributed by atoms with Crippen LogP contribution in [0.3, 0.4) is 0 Å². The van der Waals surface area contributed by atoms with Crippen molar-refractivity contribution in [3.05, 3.63) is 72.3 Å². The van der Waals surface area contributed by atoms with Crippen LogP contribution in [-0.2, 0) is 4.79 Å². The average molecular weight is 373 g/mol. The lowest BCUT2D eigenvalue weighted by molar-refractivity contribution is -0.123. The number of nitrogens with zero attached hydrogens (tertiary/aromatic N) is 2. The minimum absolute atomic E-state index is 0.0679. The summed E-state index contributed by atoms with van der Waals surface area (Å²) in [5.41, 5.74) is 2.76. The first kappa shape index (κ1) is 18.0. The monoisotopic (exact) mass is 373 g/mol. The predicted octanol–water partition coefficient (Wildman–Crippen LogP) is 4.42. The fourth-order valence-electron chi connectivity index (χ4n) is 3.66. The van der Waals surface area contributed by atoms with Crippen molar-refractivity contribution in [3.63, 3.8) is 0 Å². The number of amides is 3. The van der Waals surface area contributed by atoms with Gasteiger partial charge in [-0.3, -0.25) is 4.79 Å². The second kappa shape index (κ2) is 7.35.